The lowest BCUT2D eigenvalue weighted by molar-refractivity contribution is -0.105. The number of amides is 1. The summed E-state index contributed by atoms with van der Waals surface area (Å²) in [6, 6.07) is 12.7. The van der Waals surface area contributed by atoms with Crippen LogP contribution in [0, 0.1) is 0 Å². The lowest BCUT2D eigenvalue weighted by Crippen LogP contribution is -2.33. The number of phenols is 1. The lowest BCUT2D eigenvalue weighted by Gasteiger charge is -2.18. The van der Waals surface area contributed by atoms with Crippen LogP contribution in [0.15, 0.2) is 42.5 Å². The van der Waals surface area contributed by atoms with E-state index in [1.807, 2.05) is 24.3 Å². The Morgan fingerprint density at radius 3 is 2.56 bits per heavy atom. The summed E-state index contributed by atoms with van der Waals surface area (Å²) in [5, 5.41) is 25.3. The zero-order valence-corrected chi connectivity index (χ0v) is 14.4. The zero-order valence-electron chi connectivity index (χ0n) is 14.4. The van der Waals surface area contributed by atoms with Crippen LogP contribution in [0.2, 0.25) is 0 Å². The Kier molecular flexibility index (Phi) is 6.80. The maximum Gasteiger partial charge on any atom is 0.211 e. The molecule has 6 nitrogen and oxygen atoms in total. The number of hydrogen-bond acceptors (Lipinski definition) is 5. The Morgan fingerprint density at radius 1 is 1.20 bits per heavy atom. The van der Waals surface area contributed by atoms with Crippen LogP contribution in [0.1, 0.15) is 24.0 Å². The number of methoxy groups -OCH3 is 1. The average Bonchev–Trinajstić information content (AvgIpc) is 2.63. The van der Waals surface area contributed by atoms with Gasteiger partial charge in [-0.25, -0.2) is 0 Å². The highest BCUT2D eigenvalue weighted by molar-refractivity contribution is 5.75. The van der Waals surface area contributed by atoms with Crippen LogP contribution in [0.4, 0.5) is 5.69 Å². The van der Waals surface area contributed by atoms with Crippen molar-refractivity contribution in [1.29, 1.82) is 0 Å². The molecule has 1 amide bonds. The second-order valence-corrected chi connectivity index (χ2v) is 5.92. The molecule has 0 aliphatic carbocycles. The Labute approximate surface area is 147 Å². The summed E-state index contributed by atoms with van der Waals surface area (Å²) < 4.78 is 5.15. The van der Waals surface area contributed by atoms with Crippen molar-refractivity contribution in [3.05, 3.63) is 53.6 Å². The van der Waals surface area contributed by atoms with E-state index in [0.29, 0.717) is 25.1 Å². The largest absolute Gasteiger partial charge is 0.506 e. The molecule has 0 radical (unpaired) electrons. The molecule has 0 spiro atoms. The highest BCUT2D eigenvalue weighted by Crippen LogP contribution is 2.24. The van der Waals surface area contributed by atoms with Crippen LogP contribution < -0.4 is 15.4 Å². The fourth-order valence-corrected chi connectivity index (χ4v) is 2.55. The molecular formula is C19H24N2O4. The molecule has 0 fully saturated rings. The lowest BCUT2D eigenvalue weighted by atomic mass is 10.0. The molecule has 0 heterocycles. The fraction of sp³-hybridized carbons (Fsp3) is 0.316. The Balaban J connectivity index is 1.88. The van der Waals surface area contributed by atoms with Gasteiger partial charge >= 0.3 is 0 Å². The standard InChI is InChI=1S/C19H24N2O4/c1-13(15-4-6-16(25-2)7-5-15)11-20-19(24)10-14-3-8-18(23)17(9-14)21-12-22/h3-9,12-13,19-20,23-24H,10-11H2,1-2H3,(H,21,22). The predicted octanol–water partition coefficient (Wildman–Crippen LogP) is 2.22. The molecule has 2 aromatic rings. The minimum atomic E-state index is -0.727. The third-order valence-electron chi connectivity index (χ3n) is 4.05. The van der Waals surface area contributed by atoms with Crippen molar-refractivity contribution in [3.63, 3.8) is 0 Å². The Bertz CT molecular complexity index is 688. The predicted molar refractivity (Wildman–Crippen MR) is 96.9 cm³/mol. The molecule has 134 valence electrons. The molecule has 2 atom stereocenters. The summed E-state index contributed by atoms with van der Waals surface area (Å²) in [6.07, 6.45) is 0.141. The van der Waals surface area contributed by atoms with Crippen molar-refractivity contribution in [2.24, 2.45) is 0 Å². The van der Waals surface area contributed by atoms with E-state index in [0.717, 1.165) is 16.9 Å². The summed E-state index contributed by atoms with van der Waals surface area (Å²) in [5.74, 6) is 1.04. The minimum absolute atomic E-state index is 0.00794. The average molecular weight is 344 g/mol. The molecule has 0 aliphatic rings. The van der Waals surface area contributed by atoms with E-state index in [2.05, 4.69) is 17.6 Å². The molecule has 2 aromatic carbocycles. The van der Waals surface area contributed by atoms with Gasteiger partial charge in [-0.2, -0.15) is 0 Å². The summed E-state index contributed by atoms with van der Waals surface area (Å²) >= 11 is 0. The molecule has 0 bridgehead atoms. The summed E-state index contributed by atoms with van der Waals surface area (Å²) in [7, 11) is 1.63. The molecule has 25 heavy (non-hydrogen) atoms. The van der Waals surface area contributed by atoms with Crippen molar-refractivity contribution < 1.29 is 19.7 Å². The second-order valence-electron chi connectivity index (χ2n) is 5.92. The zero-order chi connectivity index (χ0) is 18.2. The maximum absolute atomic E-state index is 10.5. The number of carbonyl (C=O) groups excluding carboxylic acids is 1. The molecule has 0 aliphatic heterocycles. The number of aliphatic hydroxyl groups excluding tert-OH is 1. The number of aromatic hydroxyl groups is 1. The van der Waals surface area contributed by atoms with E-state index < -0.39 is 6.23 Å². The van der Waals surface area contributed by atoms with Crippen LogP contribution in [0.5, 0.6) is 11.5 Å². The molecule has 4 N–H and O–H groups in total. The van der Waals surface area contributed by atoms with E-state index >= 15 is 0 Å². The first kappa shape index (κ1) is 18.8. The smallest absolute Gasteiger partial charge is 0.211 e. The van der Waals surface area contributed by atoms with Crippen molar-refractivity contribution in [2.75, 3.05) is 19.0 Å². The summed E-state index contributed by atoms with van der Waals surface area (Å²) in [5.41, 5.74) is 2.29. The van der Waals surface area contributed by atoms with Crippen LogP contribution in [0.3, 0.4) is 0 Å². The van der Waals surface area contributed by atoms with Crippen LogP contribution >= 0.6 is 0 Å². The number of ether oxygens (including phenoxy) is 1. The van der Waals surface area contributed by atoms with Gasteiger partial charge in [0.15, 0.2) is 0 Å². The number of rotatable bonds is 9. The van der Waals surface area contributed by atoms with E-state index in [4.69, 9.17) is 4.74 Å². The molecule has 6 heteroatoms. The first-order chi connectivity index (χ1) is 12.0. The van der Waals surface area contributed by atoms with Gasteiger partial charge < -0.3 is 20.3 Å². The molecule has 0 saturated heterocycles. The van der Waals surface area contributed by atoms with Gasteiger partial charge in [-0.05, 0) is 41.3 Å². The summed E-state index contributed by atoms with van der Waals surface area (Å²) in [4.78, 5) is 10.5. The number of nitrogens with one attached hydrogen (secondary N) is 2. The van der Waals surface area contributed by atoms with E-state index in [9.17, 15) is 15.0 Å². The molecule has 2 rings (SSSR count). The van der Waals surface area contributed by atoms with Gasteiger partial charge in [0, 0.05) is 13.0 Å². The first-order valence-electron chi connectivity index (χ1n) is 8.11. The van der Waals surface area contributed by atoms with Crippen molar-refractivity contribution in [2.45, 2.75) is 25.5 Å². The van der Waals surface area contributed by atoms with Crippen molar-refractivity contribution in [1.82, 2.24) is 5.32 Å². The number of aliphatic hydroxyl groups is 1. The third kappa shape index (κ3) is 5.48. The SMILES string of the molecule is COc1ccc(C(C)CNC(O)Cc2ccc(O)c(NC=O)c2)cc1. The number of phenolic OH excluding ortho intramolecular Hbond substituents is 1. The van der Waals surface area contributed by atoms with Crippen molar-refractivity contribution in [3.8, 4) is 11.5 Å². The topological polar surface area (TPSA) is 90.8 Å². The third-order valence-corrected chi connectivity index (χ3v) is 4.05. The van der Waals surface area contributed by atoms with Crippen LogP contribution in [-0.2, 0) is 11.2 Å². The fourth-order valence-electron chi connectivity index (χ4n) is 2.55. The van der Waals surface area contributed by atoms with Gasteiger partial charge in [-0.15, -0.1) is 0 Å². The molecule has 0 aromatic heterocycles. The van der Waals surface area contributed by atoms with Gasteiger partial charge in [-0.1, -0.05) is 25.1 Å². The van der Waals surface area contributed by atoms with E-state index in [-0.39, 0.29) is 11.7 Å². The number of carbonyl (C=O) groups is 1. The molecule has 2 unspecified atom stereocenters. The highest BCUT2D eigenvalue weighted by atomic mass is 16.5. The monoisotopic (exact) mass is 344 g/mol. The maximum atomic E-state index is 10.5. The van der Waals surface area contributed by atoms with Gasteiger partial charge in [0.1, 0.15) is 17.7 Å². The first-order valence-corrected chi connectivity index (χ1v) is 8.11. The molecular weight excluding hydrogens is 320 g/mol. The van der Waals surface area contributed by atoms with Crippen molar-refractivity contribution >= 4 is 12.1 Å². The number of benzene rings is 2. The minimum Gasteiger partial charge on any atom is -0.506 e. The van der Waals surface area contributed by atoms with Gasteiger partial charge in [0.2, 0.25) is 6.41 Å². The summed E-state index contributed by atoms with van der Waals surface area (Å²) in [6.45, 7) is 2.69. The Hall–Kier alpha value is -2.57. The quantitative estimate of drug-likeness (QED) is 0.318. The van der Waals surface area contributed by atoms with E-state index in [1.54, 1.807) is 19.2 Å². The highest BCUT2D eigenvalue weighted by Gasteiger charge is 2.11. The van der Waals surface area contributed by atoms with Crippen LogP contribution in [0.25, 0.3) is 0 Å². The van der Waals surface area contributed by atoms with Gasteiger partial charge in [0.05, 0.1) is 12.8 Å². The van der Waals surface area contributed by atoms with Gasteiger partial charge in [0.25, 0.3) is 0 Å². The number of hydrogen-bond donors (Lipinski definition) is 4. The number of anilines is 1. The normalized spacial score (nSPS) is 13.1. The van der Waals surface area contributed by atoms with Crippen LogP contribution in [-0.4, -0.2) is 36.5 Å². The Morgan fingerprint density at radius 2 is 1.92 bits per heavy atom. The van der Waals surface area contributed by atoms with Gasteiger partial charge in [-0.3, -0.25) is 10.1 Å². The molecule has 0 saturated carbocycles. The van der Waals surface area contributed by atoms with E-state index in [1.165, 1.54) is 6.07 Å². The second kappa shape index (κ2) is 9.05.